The Morgan fingerprint density at radius 1 is 1.10 bits per heavy atom. The van der Waals surface area contributed by atoms with E-state index in [-0.39, 0.29) is 23.1 Å². The van der Waals surface area contributed by atoms with Crippen molar-refractivity contribution in [2.45, 2.75) is 58.4 Å². The number of amides is 2. The predicted molar refractivity (Wildman–Crippen MR) is 114 cm³/mol. The van der Waals surface area contributed by atoms with Crippen LogP contribution in [0.5, 0.6) is 5.75 Å². The number of halogens is 1. The quantitative estimate of drug-likeness (QED) is 0.706. The van der Waals surface area contributed by atoms with Gasteiger partial charge in [-0.25, -0.2) is 0 Å². The molecule has 29 heavy (non-hydrogen) atoms. The Morgan fingerprint density at radius 2 is 1.69 bits per heavy atom. The maximum Gasteiger partial charge on any atom is 0.247 e. The van der Waals surface area contributed by atoms with E-state index in [4.69, 9.17) is 16.3 Å². The summed E-state index contributed by atoms with van der Waals surface area (Å²) < 4.78 is 5.16. The third-order valence-corrected chi connectivity index (χ3v) is 7.47. The lowest BCUT2D eigenvalue weighted by Crippen LogP contribution is -2.57. The molecule has 0 aromatic heterocycles. The normalized spacial score (nSPS) is 30.9. The molecule has 158 valence electrons. The average Bonchev–Trinajstić information content (AvgIpc) is 2.64. The van der Waals surface area contributed by atoms with E-state index < -0.39 is 6.04 Å². The summed E-state index contributed by atoms with van der Waals surface area (Å²) in [5.74, 6) is 2.50. The zero-order valence-corrected chi connectivity index (χ0v) is 18.2. The molecule has 6 heteroatoms. The van der Waals surface area contributed by atoms with Crippen LogP contribution < -0.4 is 15.4 Å². The molecular weight excluding hydrogens is 388 g/mol. The number of ether oxygens (including phenoxy) is 1. The molecule has 1 aromatic carbocycles. The second-order valence-corrected chi connectivity index (χ2v) is 10.1. The standard InChI is InChI=1S/C23H31ClN2O3/c1-13(2)20(21(27)25-17-4-5-19(29-3)18(24)9-17)26-22(28)23-10-14-6-15(11-23)8-16(7-14)12-23/h4-5,9,13-16,20H,6-8,10-12H2,1-3H3,(H,25,27)(H,26,28)/t14?,15?,16?,20-,23?/m0/s1. The summed E-state index contributed by atoms with van der Waals surface area (Å²) in [6.07, 6.45) is 6.85. The Balaban J connectivity index is 1.46. The molecule has 4 fully saturated rings. The first-order chi connectivity index (χ1) is 13.8. The van der Waals surface area contributed by atoms with Crippen LogP contribution in [0.25, 0.3) is 0 Å². The van der Waals surface area contributed by atoms with Crippen LogP contribution in [0.3, 0.4) is 0 Å². The van der Waals surface area contributed by atoms with Gasteiger partial charge in [-0.3, -0.25) is 9.59 Å². The van der Waals surface area contributed by atoms with Gasteiger partial charge in [-0.15, -0.1) is 0 Å². The number of rotatable bonds is 6. The van der Waals surface area contributed by atoms with Crippen LogP contribution >= 0.6 is 11.6 Å². The Bertz CT molecular complexity index is 772. The minimum absolute atomic E-state index is 0.0124. The number of hydrogen-bond acceptors (Lipinski definition) is 3. The maximum atomic E-state index is 13.4. The fraction of sp³-hybridized carbons (Fsp3) is 0.652. The Morgan fingerprint density at radius 3 is 2.17 bits per heavy atom. The monoisotopic (exact) mass is 418 g/mol. The van der Waals surface area contributed by atoms with Gasteiger partial charge < -0.3 is 15.4 Å². The lowest BCUT2D eigenvalue weighted by atomic mass is 9.49. The molecule has 4 aliphatic rings. The average molecular weight is 419 g/mol. The number of hydrogen-bond donors (Lipinski definition) is 2. The van der Waals surface area contributed by atoms with Gasteiger partial charge in [-0.2, -0.15) is 0 Å². The number of carbonyl (C=O) groups excluding carboxylic acids is 2. The Kier molecular flexibility index (Phi) is 5.54. The molecular formula is C23H31ClN2O3. The van der Waals surface area contributed by atoms with Gasteiger partial charge in [0.1, 0.15) is 11.8 Å². The summed E-state index contributed by atoms with van der Waals surface area (Å²) in [6.45, 7) is 3.93. The molecule has 0 heterocycles. The summed E-state index contributed by atoms with van der Waals surface area (Å²) in [6, 6.07) is 4.56. The van der Waals surface area contributed by atoms with Gasteiger partial charge in [-0.1, -0.05) is 25.4 Å². The summed E-state index contributed by atoms with van der Waals surface area (Å²) >= 11 is 6.17. The summed E-state index contributed by atoms with van der Waals surface area (Å²) in [5, 5.41) is 6.46. The molecule has 4 saturated carbocycles. The smallest absolute Gasteiger partial charge is 0.247 e. The number of methoxy groups -OCH3 is 1. The van der Waals surface area contributed by atoms with Crippen molar-refractivity contribution >= 4 is 29.1 Å². The van der Waals surface area contributed by atoms with E-state index in [1.165, 1.54) is 19.3 Å². The third-order valence-electron chi connectivity index (χ3n) is 7.17. The van der Waals surface area contributed by atoms with Crippen molar-refractivity contribution < 1.29 is 14.3 Å². The first kappa shape index (κ1) is 20.5. The second kappa shape index (κ2) is 7.82. The van der Waals surface area contributed by atoms with Gasteiger partial charge in [0.05, 0.1) is 12.1 Å². The Hall–Kier alpha value is -1.75. The lowest BCUT2D eigenvalue weighted by molar-refractivity contribution is -0.148. The number of benzene rings is 1. The van der Waals surface area contributed by atoms with E-state index in [2.05, 4.69) is 10.6 Å². The number of nitrogens with one attached hydrogen (secondary N) is 2. The van der Waals surface area contributed by atoms with Crippen LogP contribution in [-0.4, -0.2) is 25.0 Å². The Labute approximate surface area is 177 Å². The van der Waals surface area contributed by atoms with Crippen LogP contribution in [0.2, 0.25) is 5.02 Å². The van der Waals surface area contributed by atoms with Crippen molar-refractivity contribution in [2.75, 3.05) is 12.4 Å². The molecule has 1 atom stereocenters. The van der Waals surface area contributed by atoms with Gasteiger partial charge >= 0.3 is 0 Å². The van der Waals surface area contributed by atoms with Gasteiger partial charge in [-0.05, 0) is 80.4 Å². The van der Waals surface area contributed by atoms with Crippen molar-refractivity contribution in [1.82, 2.24) is 5.32 Å². The maximum absolute atomic E-state index is 13.4. The van der Waals surface area contributed by atoms with Crippen LogP contribution in [0.1, 0.15) is 52.4 Å². The van der Waals surface area contributed by atoms with Crippen LogP contribution in [0, 0.1) is 29.1 Å². The topological polar surface area (TPSA) is 67.4 Å². The van der Waals surface area contributed by atoms with Crippen molar-refractivity contribution in [3.8, 4) is 5.75 Å². The molecule has 0 radical (unpaired) electrons. The van der Waals surface area contributed by atoms with Crippen molar-refractivity contribution in [2.24, 2.45) is 29.1 Å². The van der Waals surface area contributed by atoms with E-state index in [0.29, 0.717) is 34.2 Å². The minimum atomic E-state index is -0.573. The van der Waals surface area contributed by atoms with E-state index in [0.717, 1.165) is 19.3 Å². The SMILES string of the molecule is COc1ccc(NC(=O)[C@@H](NC(=O)C23CC4CC(CC(C4)C2)C3)C(C)C)cc1Cl. The van der Waals surface area contributed by atoms with E-state index in [9.17, 15) is 9.59 Å². The summed E-state index contributed by atoms with van der Waals surface area (Å²) in [5.41, 5.74) is 0.335. The molecule has 4 aliphatic carbocycles. The predicted octanol–water partition coefficient (Wildman–Crippen LogP) is 4.64. The molecule has 0 spiro atoms. The van der Waals surface area contributed by atoms with Gasteiger partial charge in [0.15, 0.2) is 0 Å². The molecule has 5 nitrogen and oxygen atoms in total. The molecule has 2 N–H and O–H groups in total. The highest BCUT2D eigenvalue weighted by atomic mass is 35.5. The lowest BCUT2D eigenvalue weighted by Gasteiger charge is -2.55. The van der Waals surface area contributed by atoms with E-state index in [1.54, 1.807) is 25.3 Å². The molecule has 5 rings (SSSR count). The van der Waals surface area contributed by atoms with Gasteiger partial charge in [0.2, 0.25) is 11.8 Å². The fourth-order valence-corrected chi connectivity index (χ4v) is 6.44. The summed E-state index contributed by atoms with van der Waals surface area (Å²) in [7, 11) is 1.55. The molecule has 2 amide bonds. The zero-order chi connectivity index (χ0) is 20.8. The number of anilines is 1. The molecule has 4 bridgehead atoms. The van der Waals surface area contributed by atoms with Crippen molar-refractivity contribution in [3.63, 3.8) is 0 Å². The molecule has 0 saturated heterocycles. The minimum Gasteiger partial charge on any atom is -0.495 e. The van der Waals surface area contributed by atoms with E-state index >= 15 is 0 Å². The summed E-state index contributed by atoms with van der Waals surface area (Å²) in [4.78, 5) is 26.4. The highest BCUT2D eigenvalue weighted by Gasteiger charge is 2.55. The fourth-order valence-electron chi connectivity index (χ4n) is 6.18. The van der Waals surface area contributed by atoms with E-state index in [1.807, 2.05) is 13.8 Å². The number of carbonyl (C=O) groups is 2. The largest absolute Gasteiger partial charge is 0.495 e. The van der Waals surface area contributed by atoms with Gasteiger partial charge in [0.25, 0.3) is 0 Å². The molecule has 0 unspecified atom stereocenters. The van der Waals surface area contributed by atoms with Crippen molar-refractivity contribution in [3.05, 3.63) is 23.2 Å². The molecule has 0 aliphatic heterocycles. The van der Waals surface area contributed by atoms with Crippen LogP contribution in [0.4, 0.5) is 5.69 Å². The third kappa shape index (κ3) is 3.98. The highest BCUT2D eigenvalue weighted by molar-refractivity contribution is 6.32. The zero-order valence-electron chi connectivity index (χ0n) is 17.5. The first-order valence-electron chi connectivity index (χ1n) is 10.7. The van der Waals surface area contributed by atoms with Crippen molar-refractivity contribution in [1.29, 1.82) is 0 Å². The van der Waals surface area contributed by atoms with Crippen LogP contribution in [-0.2, 0) is 9.59 Å². The highest BCUT2D eigenvalue weighted by Crippen LogP contribution is 2.60. The molecule has 1 aromatic rings. The van der Waals surface area contributed by atoms with Crippen LogP contribution in [0.15, 0.2) is 18.2 Å². The van der Waals surface area contributed by atoms with Gasteiger partial charge in [0, 0.05) is 11.1 Å². The second-order valence-electron chi connectivity index (χ2n) is 9.73. The first-order valence-corrected chi connectivity index (χ1v) is 11.1.